The monoisotopic (exact) mass is 531 g/mol. The van der Waals surface area contributed by atoms with Crippen molar-refractivity contribution >= 4 is 59.3 Å². The molecule has 3 nitrogen and oxygen atoms in total. The lowest BCUT2D eigenvalue weighted by molar-refractivity contribution is 0.646. The molecule has 33 heavy (non-hydrogen) atoms. The summed E-state index contributed by atoms with van der Waals surface area (Å²) in [6, 6.07) is 9.03. The van der Waals surface area contributed by atoms with E-state index in [4.69, 9.17) is 5.73 Å². The highest BCUT2D eigenvalue weighted by molar-refractivity contribution is 8.00. The quantitative estimate of drug-likeness (QED) is 0.0956. The maximum atomic E-state index is 6.21. The number of rotatable bonds is 21. The van der Waals surface area contributed by atoms with Gasteiger partial charge in [0.25, 0.3) is 0 Å². The molecule has 0 aliphatic rings. The van der Waals surface area contributed by atoms with Crippen LogP contribution in [0.5, 0.6) is 0 Å². The molecule has 1 aromatic carbocycles. The number of anilines is 2. The van der Waals surface area contributed by atoms with Gasteiger partial charge in [-0.15, -0.1) is 35.3 Å². The van der Waals surface area contributed by atoms with Crippen LogP contribution >= 0.6 is 47.9 Å². The van der Waals surface area contributed by atoms with Crippen LogP contribution in [0, 0.1) is 0 Å². The molecule has 0 saturated heterocycles. The molecule has 0 spiro atoms. The molecule has 0 saturated carbocycles. The van der Waals surface area contributed by atoms with E-state index in [0.29, 0.717) is 0 Å². The Morgan fingerprint density at radius 3 is 1.76 bits per heavy atom. The predicted molar refractivity (Wildman–Crippen MR) is 164 cm³/mol. The van der Waals surface area contributed by atoms with E-state index >= 15 is 0 Å². The van der Waals surface area contributed by atoms with Gasteiger partial charge in [-0.1, -0.05) is 32.6 Å². The summed E-state index contributed by atoms with van der Waals surface area (Å²) in [6.07, 6.45) is 11.5. The average molecular weight is 532 g/mol. The van der Waals surface area contributed by atoms with Crippen LogP contribution in [0.4, 0.5) is 11.4 Å². The van der Waals surface area contributed by atoms with Crippen LogP contribution < -0.4 is 15.5 Å². The van der Waals surface area contributed by atoms with Crippen molar-refractivity contribution in [2.45, 2.75) is 76.5 Å². The molecule has 0 fully saturated rings. The first-order chi connectivity index (χ1) is 15.9. The van der Waals surface area contributed by atoms with E-state index in [1.165, 1.54) is 80.0 Å². The van der Waals surface area contributed by atoms with E-state index in [1.807, 2.05) is 11.8 Å². The summed E-state index contributed by atoms with van der Waals surface area (Å²) < 4.78 is 0. The normalized spacial score (nSPS) is 13.2. The van der Waals surface area contributed by atoms with Crippen molar-refractivity contribution in [2.75, 3.05) is 58.7 Å². The Bertz CT molecular complexity index is 581. The summed E-state index contributed by atoms with van der Waals surface area (Å²) in [5.41, 5.74) is 8.82. The Hall–Kier alpha value is 0.180. The van der Waals surface area contributed by atoms with Crippen molar-refractivity contribution < 1.29 is 0 Å². The fraction of sp³-hybridized carbons (Fsp3) is 0.769. The smallest absolute Gasteiger partial charge is 0.0648 e. The first-order valence-corrected chi connectivity index (χ1v) is 16.5. The van der Waals surface area contributed by atoms with Gasteiger partial charge in [0.2, 0.25) is 0 Å². The third-order valence-corrected chi connectivity index (χ3v) is 9.64. The van der Waals surface area contributed by atoms with Crippen molar-refractivity contribution in [1.82, 2.24) is 0 Å². The summed E-state index contributed by atoms with van der Waals surface area (Å²) >= 11 is 10.4. The van der Waals surface area contributed by atoms with E-state index in [9.17, 15) is 0 Å². The molecule has 1 unspecified atom stereocenters. The maximum absolute atomic E-state index is 6.21. The highest BCUT2D eigenvalue weighted by atomic mass is 32.2. The van der Waals surface area contributed by atoms with Crippen LogP contribution in [0.25, 0.3) is 0 Å². The molecule has 0 amide bonds. The topological polar surface area (TPSA) is 32.5 Å². The first kappa shape index (κ1) is 31.2. The molecule has 0 aliphatic carbocycles. The van der Waals surface area contributed by atoms with Gasteiger partial charge < -0.3 is 15.5 Å². The second kappa shape index (κ2) is 19.4. The van der Waals surface area contributed by atoms with E-state index in [1.54, 1.807) is 0 Å². The van der Waals surface area contributed by atoms with Crippen molar-refractivity contribution in [3.63, 3.8) is 0 Å². The SMILES string of the molecule is CCC(C)(N)SCCCCCCSCN(CSCCCCCCS)c1ccc(N(C)C)cc1. The van der Waals surface area contributed by atoms with Crippen LogP contribution in [0.2, 0.25) is 0 Å². The Morgan fingerprint density at radius 1 is 0.788 bits per heavy atom. The molecule has 1 aromatic rings. The van der Waals surface area contributed by atoms with Gasteiger partial charge in [0.1, 0.15) is 0 Å². The number of hydrogen-bond acceptors (Lipinski definition) is 7. The zero-order valence-corrected chi connectivity index (χ0v) is 24.9. The zero-order chi connectivity index (χ0) is 24.4. The molecule has 0 aromatic heterocycles. The van der Waals surface area contributed by atoms with E-state index in [-0.39, 0.29) is 4.87 Å². The fourth-order valence-electron chi connectivity index (χ4n) is 3.23. The largest absolute Gasteiger partial charge is 0.378 e. The number of unbranched alkanes of at least 4 members (excludes halogenated alkanes) is 6. The minimum absolute atomic E-state index is 0.0471. The van der Waals surface area contributed by atoms with Crippen molar-refractivity contribution in [3.8, 4) is 0 Å². The predicted octanol–water partition coefficient (Wildman–Crippen LogP) is 7.81. The lowest BCUT2D eigenvalue weighted by Crippen LogP contribution is -2.31. The fourth-order valence-corrected chi connectivity index (χ4v) is 6.59. The number of nitrogens with two attached hydrogens (primary N) is 1. The highest BCUT2D eigenvalue weighted by Gasteiger charge is 2.14. The van der Waals surface area contributed by atoms with Gasteiger partial charge in [0, 0.05) is 25.5 Å². The van der Waals surface area contributed by atoms with E-state index in [2.05, 4.69) is 98.2 Å². The number of thiol groups is 1. The standard InChI is InChI=1S/C26H49N3S4/c1-5-26(2,27)33-21-13-9-8-12-20-32-23-29(22-31-19-11-7-6-10-18-30)25-16-14-24(15-17-25)28(3)4/h14-17,30H,5-13,18-23,27H2,1-4H3. The maximum Gasteiger partial charge on any atom is 0.0648 e. The number of thioether (sulfide) groups is 3. The molecular formula is C26H49N3S4. The molecule has 2 N–H and O–H groups in total. The molecule has 0 aliphatic heterocycles. The molecule has 0 bridgehead atoms. The zero-order valence-electron chi connectivity index (χ0n) is 21.6. The average Bonchev–Trinajstić information content (AvgIpc) is 2.81. The van der Waals surface area contributed by atoms with Crippen molar-refractivity contribution in [3.05, 3.63) is 24.3 Å². The third kappa shape index (κ3) is 15.7. The number of hydrogen-bond donors (Lipinski definition) is 2. The Balaban J connectivity index is 2.32. The second-order valence-electron chi connectivity index (χ2n) is 9.09. The van der Waals surface area contributed by atoms with Gasteiger partial charge in [-0.25, -0.2) is 0 Å². The molecule has 192 valence electrons. The van der Waals surface area contributed by atoms with Crippen LogP contribution in [0.1, 0.15) is 71.6 Å². The van der Waals surface area contributed by atoms with Crippen LogP contribution in [0.15, 0.2) is 24.3 Å². The molecular weight excluding hydrogens is 483 g/mol. The minimum Gasteiger partial charge on any atom is -0.378 e. The number of benzene rings is 1. The molecule has 7 heteroatoms. The summed E-state index contributed by atoms with van der Waals surface area (Å²) in [5, 5.41) is 0. The Kier molecular flexibility index (Phi) is 18.3. The van der Waals surface area contributed by atoms with Crippen molar-refractivity contribution in [2.24, 2.45) is 5.73 Å². The lowest BCUT2D eigenvalue weighted by Gasteiger charge is -2.25. The van der Waals surface area contributed by atoms with Crippen LogP contribution in [-0.2, 0) is 0 Å². The van der Waals surface area contributed by atoms with E-state index < -0.39 is 0 Å². The summed E-state index contributed by atoms with van der Waals surface area (Å²) in [4.78, 5) is 4.66. The van der Waals surface area contributed by atoms with Gasteiger partial charge in [-0.05, 0) is 86.3 Å². The minimum atomic E-state index is -0.0471. The van der Waals surface area contributed by atoms with Gasteiger partial charge >= 0.3 is 0 Å². The van der Waals surface area contributed by atoms with Crippen LogP contribution in [0.3, 0.4) is 0 Å². The van der Waals surface area contributed by atoms with Gasteiger partial charge in [0.15, 0.2) is 0 Å². The second-order valence-corrected chi connectivity index (χ2v) is 13.3. The van der Waals surface area contributed by atoms with Gasteiger partial charge in [-0.3, -0.25) is 0 Å². The first-order valence-electron chi connectivity index (χ1n) is 12.6. The van der Waals surface area contributed by atoms with Gasteiger partial charge in [-0.2, -0.15) is 12.6 Å². The van der Waals surface area contributed by atoms with E-state index in [0.717, 1.165) is 23.9 Å². The summed E-state index contributed by atoms with van der Waals surface area (Å²) in [6.45, 7) is 4.32. The Morgan fingerprint density at radius 2 is 1.27 bits per heavy atom. The lowest BCUT2D eigenvalue weighted by atomic mass is 10.2. The Labute approximate surface area is 223 Å². The van der Waals surface area contributed by atoms with Gasteiger partial charge in [0.05, 0.1) is 16.6 Å². The third-order valence-electron chi connectivity index (χ3n) is 5.74. The summed E-state index contributed by atoms with van der Waals surface area (Å²) in [5.74, 6) is 6.86. The molecule has 1 rings (SSSR count). The molecule has 0 heterocycles. The molecule has 0 radical (unpaired) electrons. The molecule has 1 atom stereocenters. The summed E-state index contributed by atoms with van der Waals surface area (Å²) in [7, 11) is 4.20. The van der Waals surface area contributed by atoms with Crippen LogP contribution in [-0.4, -0.2) is 53.7 Å². The highest BCUT2D eigenvalue weighted by Crippen LogP contribution is 2.25. The number of nitrogens with zero attached hydrogens (tertiary/aromatic N) is 2. The van der Waals surface area contributed by atoms with Crippen molar-refractivity contribution in [1.29, 1.82) is 0 Å².